The summed E-state index contributed by atoms with van der Waals surface area (Å²) >= 11 is 0. The first kappa shape index (κ1) is 15.6. The van der Waals surface area contributed by atoms with Gasteiger partial charge in [0.25, 0.3) is 5.56 Å². The van der Waals surface area contributed by atoms with E-state index in [2.05, 4.69) is 10.3 Å². The Labute approximate surface area is 137 Å². The molecule has 0 saturated carbocycles. The fourth-order valence-corrected chi connectivity index (χ4v) is 2.44. The Hall–Kier alpha value is -3.33. The highest BCUT2D eigenvalue weighted by atomic mass is 19.1. The van der Waals surface area contributed by atoms with Crippen LogP contribution < -0.4 is 15.6 Å². The Balaban J connectivity index is 1.87. The standard InChI is InChI=1S/C18H14FN3O2/c1-24-17-8-15(4-2-11(17)9-20)21-10-13-6-12-7-14(19)3-5-16(12)22-18(13)23/h2-8,21H,10H2,1H3,(H,22,23). The number of anilines is 1. The third kappa shape index (κ3) is 3.06. The molecule has 0 aliphatic carbocycles. The normalized spacial score (nSPS) is 10.4. The van der Waals surface area contributed by atoms with Gasteiger partial charge in [-0.25, -0.2) is 4.39 Å². The molecule has 0 aliphatic rings. The van der Waals surface area contributed by atoms with Gasteiger partial charge in [-0.05, 0) is 36.4 Å². The molecule has 0 fully saturated rings. The van der Waals surface area contributed by atoms with Crippen LogP contribution in [0.2, 0.25) is 0 Å². The zero-order valence-electron chi connectivity index (χ0n) is 12.9. The summed E-state index contributed by atoms with van der Waals surface area (Å²) in [5.41, 5.74) is 1.98. The van der Waals surface area contributed by atoms with Crippen LogP contribution in [-0.4, -0.2) is 12.1 Å². The van der Waals surface area contributed by atoms with Crippen molar-refractivity contribution < 1.29 is 9.13 Å². The molecule has 0 unspecified atom stereocenters. The van der Waals surface area contributed by atoms with Crippen molar-refractivity contribution in [2.24, 2.45) is 0 Å². The highest BCUT2D eigenvalue weighted by Crippen LogP contribution is 2.22. The largest absolute Gasteiger partial charge is 0.495 e. The Morgan fingerprint density at radius 1 is 1.25 bits per heavy atom. The van der Waals surface area contributed by atoms with Crippen molar-refractivity contribution in [1.82, 2.24) is 4.98 Å². The average molecular weight is 323 g/mol. The molecule has 3 rings (SSSR count). The number of nitrogens with one attached hydrogen (secondary N) is 2. The fourth-order valence-electron chi connectivity index (χ4n) is 2.44. The number of nitrogens with zero attached hydrogens (tertiary/aromatic N) is 1. The minimum absolute atomic E-state index is 0.234. The number of fused-ring (bicyclic) bond motifs is 1. The fraction of sp³-hybridized carbons (Fsp3) is 0.111. The number of rotatable bonds is 4. The molecule has 120 valence electrons. The van der Waals surface area contributed by atoms with Crippen molar-refractivity contribution in [3.63, 3.8) is 0 Å². The van der Waals surface area contributed by atoms with Crippen molar-refractivity contribution in [2.75, 3.05) is 12.4 Å². The van der Waals surface area contributed by atoms with Crippen LogP contribution in [0.15, 0.2) is 47.3 Å². The maximum absolute atomic E-state index is 13.3. The molecule has 0 spiro atoms. The summed E-state index contributed by atoms with van der Waals surface area (Å²) in [5.74, 6) is 0.0993. The van der Waals surface area contributed by atoms with Crippen LogP contribution in [0.4, 0.5) is 10.1 Å². The van der Waals surface area contributed by atoms with Crippen LogP contribution in [0, 0.1) is 17.1 Å². The summed E-state index contributed by atoms with van der Waals surface area (Å²) in [7, 11) is 1.49. The summed E-state index contributed by atoms with van der Waals surface area (Å²) in [6.07, 6.45) is 0. The third-order valence-electron chi connectivity index (χ3n) is 3.69. The summed E-state index contributed by atoms with van der Waals surface area (Å²) in [5, 5.41) is 12.7. The Morgan fingerprint density at radius 3 is 2.83 bits per heavy atom. The number of methoxy groups -OCH3 is 1. The van der Waals surface area contributed by atoms with Gasteiger partial charge in [-0.1, -0.05) is 0 Å². The molecule has 2 N–H and O–H groups in total. The summed E-state index contributed by atoms with van der Waals surface area (Å²) in [6, 6.07) is 13.0. The number of H-pyrrole nitrogens is 1. The molecule has 3 aromatic rings. The van der Waals surface area contributed by atoms with E-state index < -0.39 is 0 Å². The van der Waals surface area contributed by atoms with E-state index in [4.69, 9.17) is 10.00 Å². The smallest absolute Gasteiger partial charge is 0.253 e. The van der Waals surface area contributed by atoms with Gasteiger partial charge in [0.15, 0.2) is 0 Å². The molecule has 0 bridgehead atoms. The average Bonchev–Trinajstić information content (AvgIpc) is 2.60. The first-order valence-electron chi connectivity index (χ1n) is 7.24. The molecule has 24 heavy (non-hydrogen) atoms. The number of nitriles is 1. The van der Waals surface area contributed by atoms with Gasteiger partial charge in [-0.3, -0.25) is 4.79 Å². The van der Waals surface area contributed by atoms with Crippen molar-refractivity contribution >= 4 is 16.6 Å². The lowest BCUT2D eigenvalue weighted by Crippen LogP contribution is -2.15. The molecule has 0 aliphatic heterocycles. The maximum Gasteiger partial charge on any atom is 0.253 e. The second-order valence-corrected chi connectivity index (χ2v) is 5.24. The number of benzene rings is 2. The molecular weight excluding hydrogens is 309 g/mol. The van der Waals surface area contributed by atoms with E-state index in [1.165, 1.54) is 25.3 Å². The zero-order valence-corrected chi connectivity index (χ0v) is 12.9. The minimum Gasteiger partial charge on any atom is -0.495 e. The van der Waals surface area contributed by atoms with Crippen LogP contribution in [0.5, 0.6) is 5.75 Å². The summed E-state index contributed by atoms with van der Waals surface area (Å²) in [6.45, 7) is 0.261. The van der Waals surface area contributed by atoms with Crippen LogP contribution in [0.3, 0.4) is 0 Å². The summed E-state index contributed by atoms with van der Waals surface area (Å²) in [4.78, 5) is 14.8. The van der Waals surface area contributed by atoms with E-state index in [-0.39, 0.29) is 17.9 Å². The lowest BCUT2D eigenvalue weighted by Gasteiger charge is -2.09. The van der Waals surface area contributed by atoms with E-state index in [0.717, 1.165) is 0 Å². The van der Waals surface area contributed by atoms with Crippen molar-refractivity contribution in [3.05, 3.63) is 69.8 Å². The van der Waals surface area contributed by atoms with Gasteiger partial charge in [-0.15, -0.1) is 0 Å². The van der Waals surface area contributed by atoms with Gasteiger partial charge in [0.05, 0.1) is 12.7 Å². The SMILES string of the molecule is COc1cc(NCc2cc3cc(F)ccc3[nH]c2=O)ccc1C#N. The van der Waals surface area contributed by atoms with Crippen molar-refractivity contribution in [3.8, 4) is 11.8 Å². The summed E-state index contributed by atoms with van der Waals surface area (Å²) < 4.78 is 18.5. The topological polar surface area (TPSA) is 77.9 Å². The number of halogens is 1. The second kappa shape index (κ2) is 6.42. The highest BCUT2D eigenvalue weighted by Gasteiger charge is 2.06. The highest BCUT2D eigenvalue weighted by molar-refractivity contribution is 5.79. The molecule has 1 aromatic heterocycles. The number of ether oxygens (including phenoxy) is 1. The Morgan fingerprint density at radius 2 is 2.08 bits per heavy atom. The van der Waals surface area contributed by atoms with Gasteiger partial charge in [0, 0.05) is 34.8 Å². The van der Waals surface area contributed by atoms with Crippen LogP contribution in [0.1, 0.15) is 11.1 Å². The number of hydrogen-bond acceptors (Lipinski definition) is 4. The molecule has 0 amide bonds. The second-order valence-electron chi connectivity index (χ2n) is 5.24. The van der Waals surface area contributed by atoms with Gasteiger partial charge in [0.2, 0.25) is 0 Å². The molecule has 0 saturated heterocycles. The lowest BCUT2D eigenvalue weighted by molar-refractivity contribution is 0.413. The van der Waals surface area contributed by atoms with Gasteiger partial charge < -0.3 is 15.0 Å². The monoisotopic (exact) mass is 323 g/mol. The third-order valence-corrected chi connectivity index (χ3v) is 3.69. The van der Waals surface area contributed by atoms with Crippen molar-refractivity contribution in [2.45, 2.75) is 6.54 Å². The Bertz CT molecular complexity index is 1010. The van der Waals surface area contributed by atoms with Crippen molar-refractivity contribution in [1.29, 1.82) is 5.26 Å². The van der Waals surface area contributed by atoms with Crippen LogP contribution in [0.25, 0.3) is 10.9 Å². The van der Waals surface area contributed by atoms with Gasteiger partial charge in [0.1, 0.15) is 17.6 Å². The molecule has 5 nitrogen and oxygen atoms in total. The predicted molar refractivity (Wildman–Crippen MR) is 89.6 cm³/mol. The molecule has 0 atom stereocenters. The molecule has 2 aromatic carbocycles. The van der Waals surface area contributed by atoms with Gasteiger partial charge >= 0.3 is 0 Å². The molecule has 0 radical (unpaired) electrons. The molecule has 1 heterocycles. The minimum atomic E-state index is -0.356. The van der Waals surface area contributed by atoms with E-state index in [0.29, 0.717) is 33.5 Å². The quantitative estimate of drug-likeness (QED) is 0.773. The first-order chi connectivity index (χ1) is 11.6. The van der Waals surface area contributed by atoms with E-state index in [1.807, 2.05) is 6.07 Å². The number of aromatic nitrogens is 1. The number of pyridine rings is 1. The van der Waals surface area contributed by atoms with E-state index >= 15 is 0 Å². The maximum atomic E-state index is 13.3. The van der Waals surface area contributed by atoms with Gasteiger partial charge in [-0.2, -0.15) is 5.26 Å². The number of aromatic amines is 1. The zero-order chi connectivity index (χ0) is 17.1. The molecule has 6 heteroatoms. The first-order valence-corrected chi connectivity index (χ1v) is 7.24. The molecular formula is C18H14FN3O2. The Kier molecular flexibility index (Phi) is 4.17. The van der Waals surface area contributed by atoms with E-state index in [9.17, 15) is 9.18 Å². The lowest BCUT2D eigenvalue weighted by atomic mass is 10.1. The van der Waals surface area contributed by atoms with E-state index in [1.54, 1.807) is 24.3 Å². The predicted octanol–water partition coefficient (Wildman–Crippen LogP) is 3.16. The van der Waals surface area contributed by atoms with Crippen LogP contribution in [-0.2, 0) is 6.54 Å². The number of hydrogen-bond donors (Lipinski definition) is 2. The van der Waals surface area contributed by atoms with Crippen LogP contribution >= 0.6 is 0 Å².